The molecule has 0 aliphatic rings. The van der Waals surface area contributed by atoms with E-state index in [1.807, 2.05) is 18.2 Å². The molecule has 6 heteroatoms. The number of terminal acetylenes is 1. The van der Waals surface area contributed by atoms with Crippen molar-refractivity contribution in [2.45, 2.75) is 17.9 Å². The summed E-state index contributed by atoms with van der Waals surface area (Å²) in [6.07, 6.45) is 5.12. The third kappa shape index (κ3) is 5.00. The van der Waals surface area contributed by atoms with Gasteiger partial charge in [0.2, 0.25) is 10.0 Å². The number of benzene rings is 1. The van der Waals surface area contributed by atoms with E-state index in [0.29, 0.717) is 11.4 Å². The van der Waals surface area contributed by atoms with Crippen molar-refractivity contribution in [3.8, 4) is 12.3 Å². The molecule has 0 amide bonds. The first-order valence-electron chi connectivity index (χ1n) is 5.38. The summed E-state index contributed by atoms with van der Waals surface area (Å²) in [4.78, 5) is 0.887. The van der Waals surface area contributed by atoms with Gasteiger partial charge in [-0.2, -0.15) is 0 Å². The summed E-state index contributed by atoms with van der Waals surface area (Å²) in [6, 6.07) is 6.87. The third-order valence-corrected chi connectivity index (χ3v) is 4.94. The highest BCUT2D eigenvalue weighted by molar-refractivity contribution is 8.00. The van der Waals surface area contributed by atoms with Crippen LogP contribution in [0.1, 0.15) is 6.92 Å². The van der Waals surface area contributed by atoms with Gasteiger partial charge < -0.3 is 5.73 Å². The number of rotatable bonds is 6. The van der Waals surface area contributed by atoms with E-state index in [9.17, 15) is 8.42 Å². The van der Waals surface area contributed by atoms with E-state index in [0.717, 1.165) is 4.90 Å². The van der Waals surface area contributed by atoms with Gasteiger partial charge in [0, 0.05) is 16.3 Å². The molecule has 18 heavy (non-hydrogen) atoms. The second-order valence-electron chi connectivity index (χ2n) is 3.71. The average molecular weight is 284 g/mol. The van der Waals surface area contributed by atoms with E-state index in [1.54, 1.807) is 13.0 Å². The zero-order valence-electron chi connectivity index (χ0n) is 10.1. The summed E-state index contributed by atoms with van der Waals surface area (Å²) >= 11 is 1.41. The molecule has 0 aliphatic carbocycles. The molecule has 0 saturated carbocycles. The molecule has 0 aliphatic heterocycles. The zero-order valence-corrected chi connectivity index (χ0v) is 11.7. The molecular formula is C12H16N2O2S2. The van der Waals surface area contributed by atoms with Crippen LogP contribution >= 0.6 is 11.8 Å². The Labute approximate surface area is 112 Å². The van der Waals surface area contributed by atoms with Crippen molar-refractivity contribution in [2.24, 2.45) is 0 Å². The van der Waals surface area contributed by atoms with Crippen molar-refractivity contribution in [3.63, 3.8) is 0 Å². The van der Waals surface area contributed by atoms with E-state index in [2.05, 4.69) is 10.6 Å². The first kappa shape index (κ1) is 14.9. The molecule has 0 fully saturated rings. The Morgan fingerprint density at radius 3 is 2.78 bits per heavy atom. The second kappa shape index (κ2) is 6.69. The molecule has 0 bridgehead atoms. The number of anilines is 1. The van der Waals surface area contributed by atoms with Crippen LogP contribution in [0.3, 0.4) is 0 Å². The molecule has 98 valence electrons. The monoisotopic (exact) mass is 284 g/mol. The Kier molecular flexibility index (Phi) is 5.54. The Hall–Kier alpha value is -1.16. The van der Waals surface area contributed by atoms with Crippen molar-refractivity contribution >= 4 is 27.5 Å². The molecule has 0 saturated heterocycles. The SMILES string of the molecule is C#CC(C)NS(=O)(=O)CCSc1ccccc1N. The molecule has 1 rings (SSSR count). The maximum absolute atomic E-state index is 11.6. The lowest BCUT2D eigenvalue weighted by atomic mass is 10.3. The van der Waals surface area contributed by atoms with Gasteiger partial charge in [0.1, 0.15) is 0 Å². The molecule has 0 aromatic heterocycles. The summed E-state index contributed by atoms with van der Waals surface area (Å²) in [5.74, 6) is 2.76. The highest BCUT2D eigenvalue weighted by Crippen LogP contribution is 2.24. The van der Waals surface area contributed by atoms with Crippen LogP contribution in [0, 0.1) is 12.3 Å². The van der Waals surface area contributed by atoms with E-state index >= 15 is 0 Å². The molecular weight excluding hydrogens is 268 g/mol. The van der Waals surface area contributed by atoms with Gasteiger partial charge in [-0.05, 0) is 19.1 Å². The Bertz CT molecular complexity index is 535. The summed E-state index contributed by atoms with van der Waals surface area (Å²) in [6.45, 7) is 1.62. The minimum Gasteiger partial charge on any atom is -0.398 e. The number of hydrogen-bond donors (Lipinski definition) is 2. The molecule has 0 heterocycles. The largest absolute Gasteiger partial charge is 0.398 e. The van der Waals surface area contributed by atoms with E-state index in [4.69, 9.17) is 12.2 Å². The van der Waals surface area contributed by atoms with Gasteiger partial charge in [0.15, 0.2) is 0 Å². The van der Waals surface area contributed by atoms with Gasteiger partial charge in [-0.1, -0.05) is 18.1 Å². The van der Waals surface area contributed by atoms with Crippen molar-refractivity contribution < 1.29 is 8.42 Å². The standard InChI is InChI=1S/C12H16N2O2S2/c1-3-10(2)14-18(15,16)9-8-17-12-7-5-4-6-11(12)13/h1,4-7,10,14H,8-9,13H2,2H3. The predicted octanol–water partition coefficient (Wildman–Crippen LogP) is 1.30. The average Bonchev–Trinajstić information content (AvgIpc) is 2.30. The van der Waals surface area contributed by atoms with Gasteiger partial charge >= 0.3 is 0 Å². The number of nitrogens with two attached hydrogens (primary N) is 1. The zero-order chi connectivity index (χ0) is 13.6. The quantitative estimate of drug-likeness (QED) is 0.469. The second-order valence-corrected chi connectivity index (χ2v) is 6.72. The summed E-state index contributed by atoms with van der Waals surface area (Å²) in [5, 5.41) is 0. The molecule has 3 N–H and O–H groups in total. The molecule has 1 aromatic carbocycles. The van der Waals surface area contributed by atoms with Crippen LogP contribution in [0.25, 0.3) is 0 Å². The lowest BCUT2D eigenvalue weighted by Gasteiger charge is -2.09. The predicted molar refractivity (Wildman–Crippen MR) is 76.8 cm³/mol. The van der Waals surface area contributed by atoms with Crippen LogP contribution in [-0.2, 0) is 10.0 Å². The van der Waals surface area contributed by atoms with Crippen LogP contribution in [0.5, 0.6) is 0 Å². The van der Waals surface area contributed by atoms with Gasteiger partial charge in [-0.3, -0.25) is 0 Å². The fourth-order valence-corrected chi connectivity index (χ4v) is 3.80. The van der Waals surface area contributed by atoms with Crippen molar-refractivity contribution in [1.82, 2.24) is 4.72 Å². The van der Waals surface area contributed by atoms with Crippen molar-refractivity contribution in [3.05, 3.63) is 24.3 Å². The van der Waals surface area contributed by atoms with E-state index < -0.39 is 16.1 Å². The molecule has 0 radical (unpaired) electrons. The number of para-hydroxylation sites is 1. The smallest absolute Gasteiger partial charge is 0.213 e. The lowest BCUT2D eigenvalue weighted by Crippen LogP contribution is -2.33. The molecule has 1 aromatic rings. The number of nitrogen functional groups attached to an aromatic ring is 1. The lowest BCUT2D eigenvalue weighted by molar-refractivity contribution is 0.579. The molecule has 0 spiro atoms. The van der Waals surface area contributed by atoms with Gasteiger partial charge in [-0.25, -0.2) is 13.1 Å². The van der Waals surface area contributed by atoms with Gasteiger partial charge in [0.05, 0.1) is 11.8 Å². The van der Waals surface area contributed by atoms with Crippen molar-refractivity contribution in [1.29, 1.82) is 0 Å². The third-order valence-electron chi connectivity index (χ3n) is 2.13. The van der Waals surface area contributed by atoms with E-state index in [-0.39, 0.29) is 5.75 Å². The van der Waals surface area contributed by atoms with Crippen LogP contribution < -0.4 is 10.5 Å². The van der Waals surface area contributed by atoms with Crippen LogP contribution in [0.2, 0.25) is 0 Å². The minimum atomic E-state index is -3.33. The minimum absolute atomic E-state index is 0.0119. The maximum atomic E-state index is 11.6. The Morgan fingerprint density at radius 1 is 1.50 bits per heavy atom. The topological polar surface area (TPSA) is 72.2 Å². The Morgan fingerprint density at radius 2 is 2.17 bits per heavy atom. The van der Waals surface area contributed by atoms with Crippen molar-refractivity contribution in [2.75, 3.05) is 17.2 Å². The summed E-state index contributed by atoms with van der Waals surface area (Å²) in [7, 11) is -3.33. The van der Waals surface area contributed by atoms with E-state index in [1.165, 1.54) is 11.8 Å². The van der Waals surface area contributed by atoms with Gasteiger partial charge in [0.25, 0.3) is 0 Å². The number of nitrogens with one attached hydrogen (secondary N) is 1. The summed E-state index contributed by atoms with van der Waals surface area (Å²) in [5.41, 5.74) is 6.42. The highest BCUT2D eigenvalue weighted by Gasteiger charge is 2.13. The number of thioether (sulfide) groups is 1. The van der Waals surface area contributed by atoms with Crippen LogP contribution in [0.4, 0.5) is 5.69 Å². The number of hydrogen-bond acceptors (Lipinski definition) is 4. The fraction of sp³-hybridized carbons (Fsp3) is 0.333. The van der Waals surface area contributed by atoms with Crippen LogP contribution in [-0.4, -0.2) is 26.0 Å². The number of sulfonamides is 1. The van der Waals surface area contributed by atoms with Gasteiger partial charge in [-0.15, -0.1) is 18.2 Å². The first-order chi connectivity index (χ1) is 8.44. The first-order valence-corrected chi connectivity index (χ1v) is 8.02. The Balaban J connectivity index is 2.48. The molecule has 1 unspecified atom stereocenters. The van der Waals surface area contributed by atoms with Crippen LogP contribution in [0.15, 0.2) is 29.2 Å². The highest BCUT2D eigenvalue weighted by atomic mass is 32.2. The maximum Gasteiger partial charge on any atom is 0.213 e. The normalized spacial score (nSPS) is 12.9. The molecule has 1 atom stereocenters. The fourth-order valence-electron chi connectivity index (χ4n) is 1.24. The summed E-state index contributed by atoms with van der Waals surface area (Å²) < 4.78 is 25.6. The molecule has 4 nitrogen and oxygen atoms in total.